The summed E-state index contributed by atoms with van der Waals surface area (Å²) < 4.78 is 6.03. The van der Waals surface area contributed by atoms with Gasteiger partial charge >= 0.3 is 0 Å². The van der Waals surface area contributed by atoms with Crippen LogP contribution in [-0.2, 0) is 0 Å². The molecular weight excluding hydrogens is 290 g/mol. The Morgan fingerprint density at radius 3 is 2.78 bits per heavy atom. The lowest BCUT2D eigenvalue weighted by Crippen LogP contribution is -2.39. The van der Waals surface area contributed by atoms with Crippen LogP contribution < -0.4 is 9.64 Å². The molecule has 2 aromatic heterocycles. The zero-order chi connectivity index (χ0) is 16.2. The van der Waals surface area contributed by atoms with E-state index < -0.39 is 0 Å². The van der Waals surface area contributed by atoms with Gasteiger partial charge in [-0.15, -0.1) is 0 Å². The number of nitrogens with zero attached hydrogens (tertiary/aromatic N) is 5. The Bertz CT molecular complexity index is 732. The summed E-state index contributed by atoms with van der Waals surface area (Å²) in [5, 5.41) is 9.21. The van der Waals surface area contributed by atoms with E-state index in [1.807, 2.05) is 13.8 Å². The Morgan fingerprint density at radius 1 is 1.26 bits per heavy atom. The Kier molecular flexibility index (Phi) is 4.38. The Balaban J connectivity index is 1.65. The van der Waals surface area contributed by atoms with Crippen LogP contribution in [-0.4, -0.2) is 34.1 Å². The van der Waals surface area contributed by atoms with Crippen LogP contribution in [0.2, 0.25) is 0 Å². The number of pyridine rings is 1. The van der Waals surface area contributed by atoms with Gasteiger partial charge in [-0.1, -0.05) is 0 Å². The molecule has 3 heterocycles. The second-order valence-electron chi connectivity index (χ2n) is 5.71. The van der Waals surface area contributed by atoms with Gasteiger partial charge in [-0.25, -0.2) is 4.98 Å². The average molecular weight is 309 g/mol. The number of aromatic nitrogens is 3. The van der Waals surface area contributed by atoms with Crippen molar-refractivity contribution >= 4 is 5.69 Å². The average Bonchev–Trinajstić information content (AvgIpc) is 2.59. The van der Waals surface area contributed by atoms with Gasteiger partial charge < -0.3 is 9.64 Å². The van der Waals surface area contributed by atoms with Crippen LogP contribution in [0.15, 0.2) is 24.7 Å². The number of nitriles is 1. The summed E-state index contributed by atoms with van der Waals surface area (Å²) in [5.74, 6) is 0.627. The third kappa shape index (κ3) is 3.39. The molecule has 3 rings (SSSR count). The SMILES string of the molecule is Cc1cnc(C)c(OC2CCN(c3cnccc3C#N)CC2)n1. The lowest BCUT2D eigenvalue weighted by molar-refractivity contribution is 0.161. The maximum Gasteiger partial charge on any atom is 0.235 e. The van der Waals surface area contributed by atoms with Gasteiger partial charge in [0, 0.05) is 38.3 Å². The van der Waals surface area contributed by atoms with E-state index in [1.54, 1.807) is 24.7 Å². The van der Waals surface area contributed by atoms with E-state index in [2.05, 4.69) is 25.9 Å². The first-order valence-electron chi connectivity index (χ1n) is 7.73. The van der Waals surface area contributed by atoms with Crippen molar-refractivity contribution in [3.63, 3.8) is 0 Å². The topological polar surface area (TPSA) is 74.9 Å². The van der Waals surface area contributed by atoms with Crippen LogP contribution in [0.25, 0.3) is 0 Å². The van der Waals surface area contributed by atoms with Crippen molar-refractivity contribution in [2.24, 2.45) is 0 Å². The van der Waals surface area contributed by atoms with Crippen molar-refractivity contribution < 1.29 is 4.74 Å². The molecule has 0 aliphatic carbocycles. The minimum absolute atomic E-state index is 0.128. The van der Waals surface area contributed by atoms with Crippen LogP contribution in [0, 0.1) is 25.2 Å². The second kappa shape index (κ2) is 6.61. The molecule has 6 heteroatoms. The minimum atomic E-state index is 0.128. The highest BCUT2D eigenvalue weighted by molar-refractivity contribution is 5.57. The molecule has 0 atom stereocenters. The monoisotopic (exact) mass is 309 g/mol. The third-order valence-electron chi connectivity index (χ3n) is 4.01. The van der Waals surface area contributed by atoms with Crippen LogP contribution in [0.3, 0.4) is 0 Å². The van der Waals surface area contributed by atoms with Gasteiger partial charge in [-0.05, 0) is 19.9 Å². The molecule has 6 nitrogen and oxygen atoms in total. The molecule has 0 bridgehead atoms. The number of piperidine rings is 1. The van der Waals surface area contributed by atoms with E-state index >= 15 is 0 Å². The van der Waals surface area contributed by atoms with E-state index in [1.165, 1.54) is 0 Å². The molecule has 0 spiro atoms. The Hall–Kier alpha value is -2.68. The van der Waals surface area contributed by atoms with Crippen molar-refractivity contribution in [2.45, 2.75) is 32.8 Å². The predicted octanol–water partition coefficient (Wildman–Crippen LogP) is 2.41. The summed E-state index contributed by atoms with van der Waals surface area (Å²) in [4.78, 5) is 15.0. The quantitative estimate of drug-likeness (QED) is 0.866. The van der Waals surface area contributed by atoms with Crippen molar-refractivity contribution in [1.29, 1.82) is 5.26 Å². The molecule has 2 aromatic rings. The van der Waals surface area contributed by atoms with Crippen LogP contribution in [0.1, 0.15) is 29.8 Å². The minimum Gasteiger partial charge on any atom is -0.473 e. The molecule has 0 saturated carbocycles. The van der Waals surface area contributed by atoms with Crippen LogP contribution in [0.5, 0.6) is 5.88 Å². The number of aryl methyl sites for hydroxylation is 2. The number of rotatable bonds is 3. The predicted molar refractivity (Wildman–Crippen MR) is 86.3 cm³/mol. The summed E-state index contributed by atoms with van der Waals surface area (Å²) in [5.41, 5.74) is 3.24. The van der Waals surface area contributed by atoms with Gasteiger partial charge in [0.05, 0.1) is 28.8 Å². The van der Waals surface area contributed by atoms with Crippen molar-refractivity contribution in [1.82, 2.24) is 15.0 Å². The fourth-order valence-electron chi connectivity index (χ4n) is 2.73. The first kappa shape index (κ1) is 15.2. The fourth-order valence-corrected chi connectivity index (χ4v) is 2.73. The van der Waals surface area contributed by atoms with Gasteiger partial charge in [0.1, 0.15) is 12.2 Å². The van der Waals surface area contributed by atoms with Gasteiger partial charge in [0.2, 0.25) is 5.88 Å². The number of hydrogen-bond acceptors (Lipinski definition) is 6. The Labute approximate surface area is 135 Å². The molecule has 0 N–H and O–H groups in total. The molecule has 1 aliphatic rings. The van der Waals surface area contributed by atoms with Gasteiger partial charge in [-0.2, -0.15) is 5.26 Å². The van der Waals surface area contributed by atoms with Crippen molar-refractivity contribution in [2.75, 3.05) is 18.0 Å². The molecule has 23 heavy (non-hydrogen) atoms. The second-order valence-corrected chi connectivity index (χ2v) is 5.71. The summed E-state index contributed by atoms with van der Waals surface area (Å²) in [6, 6.07) is 3.98. The molecule has 0 amide bonds. The summed E-state index contributed by atoms with van der Waals surface area (Å²) >= 11 is 0. The normalized spacial score (nSPS) is 15.3. The first-order valence-corrected chi connectivity index (χ1v) is 7.73. The summed E-state index contributed by atoms with van der Waals surface area (Å²) in [6.45, 7) is 5.49. The summed E-state index contributed by atoms with van der Waals surface area (Å²) in [7, 11) is 0. The van der Waals surface area contributed by atoms with Gasteiger partial charge in [0.15, 0.2) is 0 Å². The van der Waals surface area contributed by atoms with Gasteiger partial charge in [0.25, 0.3) is 0 Å². The standard InChI is InChI=1S/C17H19N5O/c1-12-10-20-13(2)17(21-12)23-15-4-7-22(8-5-15)16-11-19-6-3-14(16)9-18/h3,6,10-11,15H,4-5,7-8H2,1-2H3. The number of anilines is 1. The fraction of sp³-hybridized carbons (Fsp3) is 0.412. The van der Waals surface area contributed by atoms with Crippen LogP contribution in [0.4, 0.5) is 5.69 Å². The highest BCUT2D eigenvalue weighted by atomic mass is 16.5. The maximum absolute atomic E-state index is 9.21. The van der Waals surface area contributed by atoms with E-state index in [9.17, 15) is 5.26 Å². The molecule has 1 aliphatic heterocycles. The van der Waals surface area contributed by atoms with E-state index in [0.717, 1.165) is 43.0 Å². The van der Waals surface area contributed by atoms with Gasteiger partial charge in [-0.3, -0.25) is 9.97 Å². The lowest BCUT2D eigenvalue weighted by atomic mass is 10.1. The zero-order valence-corrected chi connectivity index (χ0v) is 13.4. The molecular formula is C17H19N5O. The molecule has 1 saturated heterocycles. The van der Waals surface area contributed by atoms with E-state index in [4.69, 9.17) is 4.74 Å². The van der Waals surface area contributed by atoms with Crippen LogP contribution >= 0.6 is 0 Å². The molecule has 0 radical (unpaired) electrons. The first-order chi connectivity index (χ1) is 11.2. The number of ether oxygens (including phenoxy) is 1. The molecule has 118 valence electrons. The van der Waals surface area contributed by atoms with E-state index in [-0.39, 0.29) is 6.10 Å². The summed E-state index contributed by atoms with van der Waals surface area (Å²) in [6.07, 6.45) is 7.05. The molecule has 0 unspecified atom stereocenters. The highest BCUT2D eigenvalue weighted by Gasteiger charge is 2.23. The third-order valence-corrected chi connectivity index (χ3v) is 4.01. The maximum atomic E-state index is 9.21. The molecule has 1 fully saturated rings. The molecule has 0 aromatic carbocycles. The largest absolute Gasteiger partial charge is 0.473 e. The highest BCUT2D eigenvalue weighted by Crippen LogP contribution is 2.25. The van der Waals surface area contributed by atoms with Crippen molar-refractivity contribution in [3.8, 4) is 11.9 Å². The zero-order valence-electron chi connectivity index (χ0n) is 13.4. The lowest BCUT2D eigenvalue weighted by Gasteiger charge is -2.33. The Morgan fingerprint density at radius 2 is 2.04 bits per heavy atom. The van der Waals surface area contributed by atoms with E-state index in [0.29, 0.717) is 11.4 Å². The van der Waals surface area contributed by atoms with Crippen molar-refractivity contribution in [3.05, 3.63) is 41.6 Å². The number of hydrogen-bond donors (Lipinski definition) is 0. The smallest absolute Gasteiger partial charge is 0.235 e.